The van der Waals surface area contributed by atoms with Gasteiger partial charge < -0.3 is 0 Å². The SMILES string of the molecule is [N-]=[N+]=NCC[C@@H]1CCCC[C@]12C(=O)CCc1ccccc12. The van der Waals surface area contributed by atoms with Gasteiger partial charge in [-0.05, 0) is 48.3 Å². The number of rotatable bonds is 3. The first-order valence-electron chi connectivity index (χ1n) is 7.91. The first-order valence-corrected chi connectivity index (χ1v) is 7.91. The van der Waals surface area contributed by atoms with E-state index in [9.17, 15) is 4.79 Å². The van der Waals surface area contributed by atoms with E-state index in [2.05, 4.69) is 34.3 Å². The number of benzene rings is 1. The molecule has 0 heterocycles. The van der Waals surface area contributed by atoms with Crippen LogP contribution in [0.4, 0.5) is 0 Å². The number of aryl methyl sites for hydroxylation is 1. The number of hydrogen-bond donors (Lipinski definition) is 0. The molecule has 1 fully saturated rings. The summed E-state index contributed by atoms with van der Waals surface area (Å²) in [5, 5.41) is 3.69. The van der Waals surface area contributed by atoms with Crippen LogP contribution in [0, 0.1) is 5.92 Å². The fraction of sp³-hybridized carbons (Fsp3) is 0.588. The molecule has 0 aliphatic heterocycles. The molecular weight excluding hydrogens is 262 g/mol. The van der Waals surface area contributed by atoms with Crippen molar-refractivity contribution < 1.29 is 4.79 Å². The molecule has 4 nitrogen and oxygen atoms in total. The van der Waals surface area contributed by atoms with Crippen LogP contribution in [0.15, 0.2) is 29.4 Å². The molecule has 0 radical (unpaired) electrons. The summed E-state index contributed by atoms with van der Waals surface area (Å²) in [5.74, 6) is 0.734. The maximum absolute atomic E-state index is 12.9. The Balaban J connectivity index is 2.02. The van der Waals surface area contributed by atoms with Crippen LogP contribution in [0.5, 0.6) is 0 Å². The van der Waals surface area contributed by atoms with Crippen LogP contribution in [0.3, 0.4) is 0 Å². The van der Waals surface area contributed by atoms with Gasteiger partial charge in [-0.25, -0.2) is 0 Å². The number of fused-ring (bicyclic) bond motifs is 2. The second-order valence-electron chi connectivity index (χ2n) is 6.24. The Labute approximate surface area is 125 Å². The van der Waals surface area contributed by atoms with Gasteiger partial charge in [-0.2, -0.15) is 0 Å². The molecule has 110 valence electrons. The normalized spacial score (nSPS) is 28.0. The largest absolute Gasteiger partial charge is 0.299 e. The van der Waals surface area contributed by atoms with Crippen molar-refractivity contribution in [2.24, 2.45) is 11.0 Å². The standard InChI is InChI=1S/C17H21N3O/c18-20-19-12-10-14-6-3-4-11-17(14)15-7-2-1-5-13(15)8-9-16(17)21/h1-2,5,7,14H,3-4,6,8-12H2/t14-,17-/m0/s1. The molecule has 3 rings (SSSR count). The maximum Gasteiger partial charge on any atom is 0.144 e. The van der Waals surface area contributed by atoms with Gasteiger partial charge in [-0.15, -0.1) is 0 Å². The lowest BCUT2D eigenvalue weighted by Gasteiger charge is -2.46. The minimum Gasteiger partial charge on any atom is -0.299 e. The van der Waals surface area contributed by atoms with E-state index < -0.39 is 0 Å². The monoisotopic (exact) mass is 283 g/mol. The molecule has 1 aromatic carbocycles. The van der Waals surface area contributed by atoms with Crippen LogP contribution in [-0.4, -0.2) is 12.3 Å². The smallest absolute Gasteiger partial charge is 0.144 e. The molecule has 4 heteroatoms. The van der Waals surface area contributed by atoms with Gasteiger partial charge in [0.15, 0.2) is 0 Å². The highest BCUT2D eigenvalue weighted by atomic mass is 16.1. The van der Waals surface area contributed by atoms with Gasteiger partial charge in [0.25, 0.3) is 0 Å². The zero-order chi connectivity index (χ0) is 14.7. The molecule has 0 bridgehead atoms. The van der Waals surface area contributed by atoms with Gasteiger partial charge in [0, 0.05) is 17.9 Å². The van der Waals surface area contributed by atoms with E-state index in [1.54, 1.807) is 0 Å². The number of ketones is 1. The summed E-state index contributed by atoms with van der Waals surface area (Å²) in [5.41, 5.74) is 10.8. The van der Waals surface area contributed by atoms with E-state index >= 15 is 0 Å². The van der Waals surface area contributed by atoms with E-state index in [1.807, 2.05) is 0 Å². The molecule has 0 saturated heterocycles. The van der Waals surface area contributed by atoms with Gasteiger partial charge in [-0.3, -0.25) is 4.79 Å². The highest BCUT2D eigenvalue weighted by Gasteiger charge is 2.49. The van der Waals surface area contributed by atoms with Gasteiger partial charge in [0.2, 0.25) is 0 Å². The molecule has 2 aliphatic rings. The Morgan fingerprint density at radius 1 is 1.29 bits per heavy atom. The third kappa shape index (κ3) is 2.34. The predicted octanol–water partition coefficient (Wildman–Crippen LogP) is 4.33. The highest BCUT2D eigenvalue weighted by Crippen LogP contribution is 2.50. The molecule has 2 atom stereocenters. The third-order valence-electron chi connectivity index (χ3n) is 5.33. The molecule has 1 spiro atoms. The Hall–Kier alpha value is -1.80. The Bertz CT molecular complexity index is 591. The summed E-state index contributed by atoms with van der Waals surface area (Å²) >= 11 is 0. The first-order chi connectivity index (χ1) is 10.3. The van der Waals surface area contributed by atoms with Crippen molar-refractivity contribution in [2.75, 3.05) is 6.54 Å². The van der Waals surface area contributed by atoms with Crippen molar-refractivity contribution in [3.05, 3.63) is 45.8 Å². The quantitative estimate of drug-likeness (QED) is 0.462. The van der Waals surface area contributed by atoms with Gasteiger partial charge >= 0.3 is 0 Å². The molecule has 0 N–H and O–H groups in total. The molecule has 21 heavy (non-hydrogen) atoms. The summed E-state index contributed by atoms with van der Waals surface area (Å²) < 4.78 is 0. The zero-order valence-corrected chi connectivity index (χ0v) is 12.3. The van der Waals surface area contributed by atoms with E-state index in [-0.39, 0.29) is 5.41 Å². The summed E-state index contributed by atoms with van der Waals surface area (Å²) in [7, 11) is 0. The van der Waals surface area contributed by atoms with Crippen molar-refractivity contribution in [1.29, 1.82) is 0 Å². The first kappa shape index (κ1) is 14.2. The lowest BCUT2D eigenvalue weighted by molar-refractivity contribution is -0.129. The minimum atomic E-state index is -0.307. The zero-order valence-electron chi connectivity index (χ0n) is 12.3. The predicted molar refractivity (Wildman–Crippen MR) is 82.0 cm³/mol. The van der Waals surface area contributed by atoms with Crippen LogP contribution in [0.1, 0.15) is 49.7 Å². The number of nitrogens with zero attached hydrogens (tertiary/aromatic N) is 3. The fourth-order valence-corrected chi connectivity index (χ4v) is 4.41. The van der Waals surface area contributed by atoms with Crippen LogP contribution in [0.2, 0.25) is 0 Å². The topological polar surface area (TPSA) is 65.8 Å². The Morgan fingerprint density at radius 2 is 2.14 bits per heavy atom. The average molecular weight is 283 g/mol. The van der Waals surface area contributed by atoms with Crippen LogP contribution >= 0.6 is 0 Å². The minimum absolute atomic E-state index is 0.307. The van der Waals surface area contributed by atoms with Crippen molar-refractivity contribution in [3.8, 4) is 0 Å². The van der Waals surface area contributed by atoms with Crippen molar-refractivity contribution in [1.82, 2.24) is 0 Å². The van der Waals surface area contributed by atoms with Crippen molar-refractivity contribution in [3.63, 3.8) is 0 Å². The van der Waals surface area contributed by atoms with Crippen LogP contribution in [0.25, 0.3) is 10.4 Å². The highest BCUT2D eigenvalue weighted by molar-refractivity contribution is 5.93. The average Bonchev–Trinajstić information content (AvgIpc) is 2.53. The van der Waals surface area contributed by atoms with Crippen molar-refractivity contribution in [2.45, 2.75) is 50.4 Å². The molecule has 1 saturated carbocycles. The van der Waals surface area contributed by atoms with Crippen LogP contribution < -0.4 is 0 Å². The summed E-state index contributed by atoms with van der Waals surface area (Å²) in [4.78, 5) is 15.7. The number of Topliss-reactive ketones (excluding diaryl/α,β-unsaturated/α-hetero) is 1. The van der Waals surface area contributed by atoms with Gasteiger partial charge in [0.05, 0.1) is 5.41 Å². The molecule has 0 unspecified atom stereocenters. The molecular formula is C17H21N3O. The molecule has 2 aliphatic carbocycles. The van der Waals surface area contributed by atoms with E-state index in [0.717, 1.165) is 32.1 Å². The second kappa shape index (κ2) is 5.90. The van der Waals surface area contributed by atoms with E-state index in [0.29, 0.717) is 24.7 Å². The van der Waals surface area contributed by atoms with E-state index in [1.165, 1.54) is 17.5 Å². The lowest BCUT2D eigenvalue weighted by atomic mass is 9.56. The Kier molecular flexibility index (Phi) is 3.98. The number of hydrogen-bond acceptors (Lipinski definition) is 2. The Morgan fingerprint density at radius 3 is 3.00 bits per heavy atom. The van der Waals surface area contributed by atoms with Gasteiger partial charge in [0.1, 0.15) is 5.78 Å². The number of carbonyl (C=O) groups excluding carboxylic acids is 1. The summed E-state index contributed by atoms with van der Waals surface area (Å²) in [6, 6.07) is 8.44. The van der Waals surface area contributed by atoms with Crippen molar-refractivity contribution >= 4 is 5.78 Å². The molecule has 0 amide bonds. The summed E-state index contributed by atoms with van der Waals surface area (Å²) in [6.45, 7) is 0.498. The maximum atomic E-state index is 12.9. The number of azide groups is 1. The van der Waals surface area contributed by atoms with Crippen LogP contribution in [-0.2, 0) is 16.6 Å². The third-order valence-corrected chi connectivity index (χ3v) is 5.33. The summed E-state index contributed by atoms with van der Waals surface area (Å²) in [6.07, 6.45) is 6.69. The number of carbonyl (C=O) groups is 1. The molecule has 1 aromatic rings. The molecule has 0 aromatic heterocycles. The lowest BCUT2D eigenvalue weighted by Crippen LogP contribution is -2.48. The van der Waals surface area contributed by atoms with E-state index in [4.69, 9.17) is 5.53 Å². The van der Waals surface area contributed by atoms with Gasteiger partial charge in [-0.1, -0.05) is 42.2 Å². The fourth-order valence-electron chi connectivity index (χ4n) is 4.41. The second-order valence-corrected chi connectivity index (χ2v) is 6.24.